The van der Waals surface area contributed by atoms with Crippen molar-refractivity contribution in [2.24, 2.45) is 5.73 Å². The Morgan fingerprint density at radius 1 is 1.38 bits per heavy atom. The van der Waals surface area contributed by atoms with Crippen molar-refractivity contribution in [2.75, 3.05) is 7.05 Å². The summed E-state index contributed by atoms with van der Waals surface area (Å²) < 4.78 is 31.1. The molecule has 3 N–H and O–H groups in total. The summed E-state index contributed by atoms with van der Waals surface area (Å²) in [5, 5.41) is 3.92. The van der Waals surface area contributed by atoms with E-state index >= 15 is 0 Å². The molecule has 0 atom stereocenters. The largest absolute Gasteiger partial charge is 0.334 e. The van der Waals surface area contributed by atoms with Gasteiger partial charge in [0, 0.05) is 5.56 Å². The molecule has 1 aliphatic carbocycles. The first-order chi connectivity index (χ1) is 9.94. The van der Waals surface area contributed by atoms with Crippen LogP contribution in [0.25, 0.3) is 11.5 Å². The standard InChI is InChI=1S/C13H16N4O3S/c1-15-21(18,19)10-5-2-4-9(8-10)11-16-12(17-20-11)13(14)6-3-7-13/h2,4-5,8,15H,3,6-7,14H2,1H3. The van der Waals surface area contributed by atoms with Crippen molar-refractivity contribution in [1.82, 2.24) is 14.9 Å². The molecule has 1 aromatic carbocycles. The number of hydrogen-bond acceptors (Lipinski definition) is 6. The SMILES string of the molecule is CNS(=O)(=O)c1cccc(-c2nc(C3(N)CCC3)no2)c1. The van der Waals surface area contributed by atoms with Gasteiger partial charge < -0.3 is 10.3 Å². The predicted molar refractivity (Wildman–Crippen MR) is 75.7 cm³/mol. The lowest BCUT2D eigenvalue weighted by Gasteiger charge is -2.34. The van der Waals surface area contributed by atoms with Crippen molar-refractivity contribution in [2.45, 2.75) is 29.7 Å². The number of sulfonamides is 1. The normalized spacial score (nSPS) is 17.4. The average Bonchev–Trinajstić information content (AvgIpc) is 2.95. The summed E-state index contributed by atoms with van der Waals surface area (Å²) in [5.74, 6) is 0.750. The minimum atomic E-state index is -3.51. The van der Waals surface area contributed by atoms with Gasteiger partial charge in [0.25, 0.3) is 5.89 Å². The van der Waals surface area contributed by atoms with Crippen LogP contribution in [0.5, 0.6) is 0 Å². The number of hydrogen-bond donors (Lipinski definition) is 2. The molecule has 0 aliphatic heterocycles. The highest BCUT2D eigenvalue weighted by Crippen LogP contribution is 2.37. The second-order valence-electron chi connectivity index (χ2n) is 5.17. The zero-order valence-electron chi connectivity index (χ0n) is 11.5. The topological polar surface area (TPSA) is 111 Å². The molecule has 21 heavy (non-hydrogen) atoms. The fraction of sp³-hybridized carbons (Fsp3) is 0.385. The average molecular weight is 308 g/mol. The molecule has 0 amide bonds. The van der Waals surface area contributed by atoms with Crippen LogP contribution in [0.4, 0.5) is 0 Å². The molecule has 7 nitrogen and oxygen atoms in total. The molecule has 8 heteroatoms. The van der Waals surface area contributed by atoms with Crippen LogP contribution >= 0.6 is 0 Å². The van der Waals surface area contributed by atoms with Gasteiger partial charge in [0.05, 0.1) is 10.4 Å². The number of benzene rings is 1. The summed E-state index contributed by atoms with van der Waals surface area (Å²) in [4.78, 5) is 4.45. The van der Waals surface area contributed by atoms with E-state index in [2.05, 4.69) is 14.9 Å². The quantitative estimate of drug-likeness (QED) is 0.871. The minimum Gasteiger partial charge on any atom is -0.334 e. The van der Waals surface area contributed by atoms with Crippen LogP contribution in [0.15, 0.2) is 33.7 Å². The highest BCUT2D eigenvalue weighted by Gasteiger charge is 2.39. The zero-order valence-corrected chi connectivity index (χ0v) is 12.4. The number of rotatable bonds is 4. The molecule has 1 aromatic heterocycles. The van der Waals surface area contributed by atoms with Crippen LogP contribution in [0.2, 0.25) is 0 Å². The van der Waals surface area contributed by atoms with Gasteiger partial charge in [-0.2, -0.15) is 4.98 Å². The van der Waals surface area contributed by atoms with Crippen molar-refractivity contribution in [3.05, 3.63) is 30.1 Å². The van der Waals surface area contributed by atoms with E-state index in [0.29, 0.717) is 11.4 Å². The molecule has 1 fully saturated rings. The Morgan fingerprint density at radius 3 is 2.76 bits per heavy atom. The Labute approximate surface area is 122 Å². The highest BCUT2D eigenvalue weighted by molar-refractivity contribution is 7.89. The van der Waals surface area contributed by atoms with Gasteiger partial charge >= 0.3 is 0 Å². The monoisotopic (exact) mass is 308 g/mol. The van der Waals surface area contributed by atoms with Crippen molar-refractivity contribution in [1.29, 1.82) is 0 Å². The first-order valence-electron chi connectivity index (χ1n) is 6.62. The van der Waals surface area contributed by atoms with Crippen molar-refractivity contribution in [3.63, 3.8) is 0 Å². The van der Waals surface area contributed by atoms with Crippen LogP contribution in [0.1, 0.15) is 25.1 Å². The van der Waals surface area contributed by atoms with Gasteiger partial charge in [-0.3, -0.25) is 0 Å². The van der Waals surface area contributed by atoms with E-state index in [1.54, 1.807) is 12.1 Å². The maximum Gasteiger partial charge on any atom is 0.258 e. The Hall–Kier alpha value is -1.77. The lowest BCUT2D eigenvalue weighted by molar-refractivity contribution is 0.229. The smallest absolute Gasteiger partial charge is 0.258 e. The van der Waals surface area contributed by atoms with Crippen LogP contribution < -0.4 is 10.5 Å². The number of nitrogens with one attached hydrogen (secondary N) is 1. The third-order valence-corrected chi connectivity index (χ3v) is 5.19. The molecule has 1 aliphatic rings. The highest BCUT2D eigenvalue weighted by atomic mass is 32.2. The van der Waals surface area contributed by atoms with Crippen molar-refractivity contribution < 1.29 is 12.9 Å². The molecular weight excluding hydrogens is 292 g/mol. The summed E-state index contributed by atoms with van der Waals surface area (Å²) in [6, 6.07) is 6.34. The maximum absolute atomic E-state index is 11.8. The van der Waals surface area contributed by atoms with E-state index in [1.807, 2.05) is 0 Å². The Balaban J connectivity index is 1.96. The van der Waals surface area contributed by atoms with Crippen LogP contribution in [-0.4, -0.2) is 25.6 Å². The van der Waals surface area contributed by atoms with E-state index in [4.69, 9.17) is 10.3 Å². The van der Waals surface area contributed by atoms with Gasteiger partial charge in [-0.25, -0.2) is 13.1 Å². The summed E-state index contributed by atoms with van der Waals surface area (Å²) in [7, 11) is -2.15. The van der Waals surface area contributed by atoms with Crippen molar-refractivity contribution >= 4 is 10.0 Å². The number of aromatic nitrogens is 2. The molecule has 112 valence electrons. The Morgan fingerprint density at radius 2 is 2.14 bits per heavy atom. The fourth-order valence-corrected chi connectivity index (χ4v) is 3.01. The first-order valence-corrected chi connectivity index (χ1v) is 8.10. The van der Waals surface area contributed by atoms with Gasteiger partial charge in [0.1, 0.15) is 0 Å². The molecule has 0 spiro atoms. The molecule has 0 unspecified atom stereocenters. The van der Waals surface area contributed by atoms with Crippen molar-refractivity contribution in [3.8, 4) is 11.5 Å². The summed E-state index contributed by atoms with van der Waals surface area (Å²) in [6.45, 7) is 0. The molecule has 0 radical (unpaired) electrons. The maximum atomic E-state index is 11.8. The van der Waals surface area contributed by atoms with Gasteiger partial charge in [-0.15, -0.1) is 0 Å². The fourth-order valence-electron chi connectivity index (χ4n) is 2.24. The van der Waals surface area contributed by atoms with E-state index in [9.17, 15) is 8.42 Å². The molecule has 1 saturated carbocycles. The Bertz CT molecular complexity index is 765. The Kier molecular flexibility index (Phi) is 3.31. The van der Waals surface area contributed by atoms with E-state index in [1.165, 1.54) is 19.2 Å². The van der Waals surface area contributed by atoms with E-state index in [-0.39, 0.29) is 10.8 Å². The third kappa shape index (κ3) is 2.45. The molecule has 1 heterocycles. The van der Waals surface area contributed by atoms with Gasteiger partial charge in [0.2, 0.25) is 10.0 Å². The summed E-state index contributed by atoms with van der Waals surface area (Å²) in [5.41, 5.74) is 6.19. The van der Waals surface area contributed by atoms with E-state index < -0.39 is 15.6 Å². The molecule has 2 aromatic rings. The molecule has 0 bridgehead atoms. The van der Waals surface area contributed by atoms with Crippen LogP contribution in [0, 0.1) is 0 Å². The van der Waals surface area contributed by atoms with Crippen LogP contribution in [0.3, 0.4) is 0 Å². The predicted octanol–water partition coefficient (Wildman–Crippen LogP) is 0.983. The van der Waals surface area contributed by atoms with E-state index in [0.717, 1.165) is 19.3 Å². The lowest BCUT2D eigenvalue weighted by Crippen LogP contribution is -2.44. The van der Waals surface area contributed by atoms with Gasteiger partial charge in [-0.1, -0.05) is 11.2 Å². The second kappa shape index (κ2) is 4.90. The van der Waals surface area contributed by atoms with Gasteiger partial charge in [-0.05, 0) is 44.5 Å². The number of nitrogens with zero attached hydrogens (tertiary/aromatic N) is 2. The zero-order chi connectivity index (χ0) is 15.1. The molecule has 3 rings (SSSR count). The first kappa shape index (κ1) is 14.2. The minimum absolute atomic E-state index is 0.147. The second-order valence-corrected chi connectivity index (χ2v) is 7.05. The van der Waals surface area contributed by atoms with Crippen LogP contribution in [-0.2, 0) is 15.6 Å². The van der Waals surface area contributed by atoms with Gasteiger partial charge in [0.15, 0.2) is 5.82 Å². The lowest BCUT2D eigenvalue weighted by atomic mass is 9.77. The summed E-state index contributed by atoms with van der Waals surface area (Å²) in [6.07, 6.45) is 2.72. The molecular formula is C13H16N4O3S. The summed E-state index contributed by atoms with van der Waals surface area (Å²) >= 11 is 0. The third-order valence-electron chi connectivity index (χ3n) is 3.78. The molecule has 0 saturated heterocycles. The number of nitrogens with two attached hydrogens (primary N) is 1.